The molecule has 1 nitrogen and oxygen atoms in total. The molecule has 2 aliphatic rings. The summed E-state index contributed by atoms with van der Waals surface area (Å²) in [6, 6.07) is 6.75. The SMILES string of the molecule is CC1=[N+](C)c2ccc(Br)cc2C12CCCCC2. The summed E-state index contributed by atoms with van der Waals surface area (Å²) in [6.07, 6.45) is 6.80. The van der Waals surface area contributed by atoms with Crippen LogP contribution in [0.3, 0.4) is 0 Å². The summed E-state index contributed by atoms with van der Waals surface area (Å²) in [5.41, 5.74) is 4.84. The Labute approximate surface area is 112 Å². The van der Waals surface area contributed by atoms with Crippen LogP contribution in [-0.2, 0) is 5.41 Å². The third-order valence-corrected chi connectivity index (χ3v) is 5.23. The minimum Gasteiger partial charge on any atom is -0.202 e. The fourth-order valence-corrected chi connectivity index (χ4v) is 4.03. The summed E-state index contributed by atoms with van der Waals surface area (Å²) in [4.78, 5) is 0. The number of hydrogen-bond acceptors (Lipinski definition) is 0. The molecule has 3 rings (SSSR count). The molecule has 0 radical (unpaired) electrons. The molecule has 0 N–H and O–H groups in total. The molecule has 0 atom stereocenters. The van der Waals surface area contributed by atoms with Gasteiger partial charge in [0.1, 0.15) is 7.05 Å². The molecular weight excluding hydrogens is 274 g/mol. The van der Waals surface area contributed by atoms with Gasteiger partial charge in [0.25, 0.3) is 0 Å². The highest BCUT2D eigenvalue weighted by Crippen LogP contribution is 2.48. The van der Waals surface area contributed by atoms with Gasteiger partial charge in [0, 0.05) is 23.0 Å². The van der Waals surface area contributed by atoms with Crippen LogP contribution >= 0.6 is 15.9 Å². The predicted molar refractivity (Wildman–Crippen MR) is 75.4 cm³/mol. The van der Waals surface area contributed by atoms with Crippen molar-refractivity contribution in [2.75, 3.05) is 7.05 Å². The van der Waals surface area contributed by atoms with Gasteiger partial charge in [-0.05, 0) is 25.0 Å². The van der Waals surface area contributed by atoms with Crippen LogP contribution in [0.1, 0.15) is 44.6 Å². The first-order chi connectivity index (χ1) is 8.15. The van der Waals surface area contributed by atoms with E-state index in [1.807, 2.05) is 0 Å². The molecular formula is C15H19BrN+. The fraction of sp³-hybridized carbons (Fsp3) is 0.533. The molecule has 0 aromatic heterocycles. The van der Waals surface area contributed by atoms with Crippen LogP contribution in [0.15, 0.2) is 22.7 Å². The number of rotatable bonds is 0. The first kappa shape index (κ1) is 11.5. The molecule has 1 aliphatic heterocycles. The lowest BCUT2D eigenvalue weighted by Gasteiger charge is -2.31. The molecule has 1 heterocycles. The summed E-state index contributed by atoms with van der Waals surface area (Å²) >= 11 is 3.63. The molecule has 2 heteroatoms. The van der Waals surface area contributed by atoms with Crippen LogP contribution < -0.4 is 0 Å². The zero-order valence-electron chi connectivity index (χ0n) is 10.6. The van der Waals surface area contributed by atoms with Crippen LogP contribution in [-0.4, -0.2) is 17.3 Å². The molecule has 0 saturated heterocycles. The molecule has 1 fully saturated rings. The second kappa shape index (κ2) is 3.94. The van der Waals surface area contributed by atoms with E-state index < -0.39 is 0 Å². The minimum atomic E-state index is 0.339. The number of fused-ring (bicyclic) bond motifs is 2. The Hall–Kier alpha value is -0.630. The van der Waals surface area contributed by atoms with E-state index in [-0.39, 0.29) is 0 Å². The van der Waals surface area contributed by atoms with Gasteiger partial charge in [-0.3, -0.25) is 0 Å². The van der Waals surface area contributed by atoms with E-state index in [9.17, 15) is 0 Å². The summed E-state index contributed by atoms with van der Waals surface area (Å²) in [6.45, 7) is 2.32. The lowest BCUT2D eigenvalue weighted by molar-refractivity contribution is -0.403. The second-order valence-electron chi connectivity index (χ2n) is 5.45. The van der Waals surface area contributed by atoms with Crippen molar-refractivity contribution in [2.45, 2.75) is 44.4 Å². The van der Waals surface area contributed by atoms with E-state index in [0.717, 1.165) is 0 Å². The first-order valence-corrected chi connectivity index (χ1v) is 7.32. The third kappa shape index (κ3) is 1.53. The van der Waals surface area contributed by atoms with Crippen molar-refractivity contribution in [3.8, 4) is 0 Å². The van der Waals surface area contributed by atoms with E-state index >= 15 is 0 Å². The highest BCUT2D eigenvalue weighted by molar-refractivity contribution is 9.10. The number of hydrogen-bond donors (Lipinski definition) is 0. The van der Waals surface area contributed by atoms with Gasteiger partial charge >= 0.3 is 0 Å². The van der Waals surface area contributed by atoms with Crippen molar-refractivity contribution in [2.24, 2.45) is 0 Å². The van der Waals surface area contributed by atoms with Gasteiger partial charge in [0.05, 0.1) is 5.41 Å². The number of nitrogens with zero attached hydrogens (tertiary/aromatic N) is 1. The van der Waals surface area contributed by atoms with Gasteiger partial charge in [-0.2, -0.15) is 0 Å². The van der Waals surface area contributed by atoms with Crippen LogP contribution in [0.2, 0.25) is 0 Å². The van der Waals surface area contributed by atoms with Crippen LogP contribution in [0, 0.1) is 0 Å². The Morgan fingerprint density at radius 1 is 1.18 bits per heavy atom. The van der Waals surface area contributed by atoms with E-state index in [1.165, 1.54) is 42.3 Å². The highest BCUT2D eigenvalue weighted by Gasteiger charge is 2.49. The lowest BCUT2D eigenvalue weighted by Crippen LogP contribution is -2.35. The number of benzene rings is 1. The van der Waals surface area contributed by atoms with Gasteiger partial charge in [0.15, 0.2) is 5.71 Å². The van der Waals surface area contributed by atoms with E-state index in [1.54, 1.807) is 11.3 Å². The maximum atomic E-state index is 3.63. The second-order valence-corrected chi connectivity index (χ2v) is 6.36. The maximum Gasteiger partial charge on any atom is 0.209 e. The van der Waals surface area contributed by atoms with Gasteiger partial charge < -0.3 is 0 Å². The van der Waals surface area contributed by atoms with E-state index in [4.69, 9.17) is 0 Å². The van der Waals surface area contributed by atoms with Crippen molar-refractivity contribution in [3.05, 3.63) is 28.2 Å². The third-order valence-electron chi connectivity index (χ3n) is 4.74. The molecule has 0 amide bonds. The first-order valence-electron chi connectivity index (χ1n) is 6.53. The van der Waals surface area contributed by atoms with Crippen LogP contribution in [0.4, 0.5) is 5.69 Å². The zero-order chi connectivity index (χ0) is 12.0. The summed E-state index contributed by atoms with van der Waals surface area (Å²) in [5, 5.41) is 0. The molecule has 17 heavy (non-hydrogen) atoms. The van der Waals surface area contributed by atoms with Crippen molar-refractivity contribution in [1.29, 1.82) is 0 Å². The van der Waals surface area contributed by atoms with Crippen LogP contribution in [0.5, 0.6) is 0 Å². The minimum absolute atomic E-state index is 0.339. The lowest BCUT2D eigenvalue weighted by atomic mass is 9.68. The summed E-state index contributed by atoms with van der Waals surface area (Å²) < 4.78 is 3.61. The molecule has 1 saturated carbocycles. The Bertz CT molecular complexity index is 496. The average Bonchev–Trinajstić information content (AvgIpc) is 2.54. The van der Waals surface area contributed by atoms with Crippen molar-refractivity contribution in [3.63, 3.8) is 0 Å². The molecule has 90 valence electrons. The highest BCUT2D eigenvalue weighted by atomic mass is 79.9. The van der Waals surface area contributed by atoms with Crippen molar-refractivity contribution < 1.29 is 4.58 Å². The smallest absolute Gasteiger partial charge is 0.202 e. The predicted octanol–water partition coefficient (Wildman–Crippen LogP) is 4.40. The topological polar surface area (TPSA) is 3.01 Å². The number of halogens is 1. The van der Waals surface area contributed by atoms with E-state index in [0.29, 0.717) is 5.41 Å². The van der Waals surface area contributed by atoms with Gasteiger partial charge in [-0.15, -0.1) is 0 Å². The molecule has 1 spiro atoms. The Morgan fingerprint density at radius 2 is 1.88 bits per heavy atom. The fourth-order valence-electron chi connectivity index (χ4n) is 3.67. The standard InChI is InChI=1S/C15H19BrN/c1-11-15(8-4-3-5-9-15)13-10-12(16)6-7-14(13)17(11)2/h6-7,10H,3-5,8-9H2,1-2H3/q+1. The van der Waals surface area contributed by atoms with Crippen molar-refractivity contribution >= 4 is 27.3 Å². The molecule has 1 aliphatic carbocycles. The Balaban J connectivity index is 2.21. The Morgan fingerprint density at radius 3 is 2.59 bits per heavy atom. The van der Waals surface area contributed by atoms with Crippen LogP contribution in [0.25, 0.3) is 0 Å². The zero-order valence-corrected chi connectivity index (χ0v) is 12.2. The van der Waals surface area contributed by atoms with Gasteiger partial charge in [0.2, 0.25) is 5.69 Å². The van der Waals surface area contributed by atoms with Crippen molar-refractivity contribution in [1.82, 2.24) is 0 Å². The van der Waals surface area contributed by atoms with Gasteiger partial charge in [-0.25, -0.2) is 4.58 Å². The normalized spacial score (nSPS) is 22.1. The van der Waals surface area contributed by atoms with Gasteiger partial charge in [-0.1, -0.05) is 35.2 Å². The molecule has 0 unspecified atom stereocenters. The summed E-state index contributed by atoms with van der Waals surface area (Å²) in [5.74, 6) is 0. The average molecular weight is 293 g/mol. The Kier molecular flexibility index (Phi) is 2.66. The van der Waals surface area contributed by atoms with E-state index in [2.05, 4.69) is 52.7 Å². The molecule has 1 aromatic carbocycles. The molecule has 0 bridgehead atoms. The monoisotopic (exact) mass is 292 g/mol. The largest absolute Gasteiger partial charge is 0.209 e. The summed E-state index contributed by atoms with van der Waals surface area (Å²) in [7, 11) is 2.21. The quantitative estimate of drug-likeness (QED) is 0.624. The molecule has 1 aromatic rings. The maximum absolute atomic E-state index is 3.63.